The van der Waals surface area contributed by atoms with Gasteiger partial charge in [0.15, 0.2) is 11.6 Å². The van der Waals surface area contributed by atoms with Crippen molar-refractivity contribution in [2.75, 3.05) is 7.11 Å². The Morgan fingerprint density at radius 2 is 1.84 bits per heavy atom. The van der Waals surface area contributed by atoms with Crippen LogP contribution < -0.4 is 4.74 Å². The molecule has 0 aliphatic heterocycles. The summed E-state index contributed by atoms with van der Waals surface area (Å²) in [5, 5.41) is 8.62. The number of hydrogen-bond donors (Lipinski definition) is 1. The molecular weight excluding hydrogens is 244 g/mol. The normalized spacial score (nSPS) is 10.2. The van der Waals surface area contributed by atoms with Gasteiger partial charge in [0.25, 0.3) is 0 Å². The van der Waals surface area contributed by atoms with E-state index in [1.165, 1.54) is 0 Å². The van der Waals surface area contributed by atoms with Crippen LogP contribution in [0.1, 0.15) is 12.0 Å². The summed E-state index contributed by atoms with van der Waals surface area (Å²) in [5.74, 6) is 0.440. The monoisotopic (exact) mass is 258 g/mol. The molecule has 19 heavy (non-hydrogen) atoms. The van der Waals surface area contributed by atoms with Crippen molar-refractivity contribution in [1.29, 1.82) is 0 Å². The number of aromatic nitrogens is 2. The third kappa shape index (κ3) is 3.51. The maximum Gasteiger partial charge on any atom is 0.303 e. The second-order valence-corrected chi connectivity index (χ2v) is 4.04. The lowest BCUT2D eigenvalue weighted by Crippen LogP contribution is -1.97. The fourth-order valence-electron chi connectivity index (χ4n) is 1.64. The minimum atomic E-state index is -0.789. The topological polar surface area (TPSA) is 72.3 Å². The van der Waals surface area contributed by atoms with Crippen molar-refractivity contribution in [3.63, 3.8) is 0 Å². The zero-order chi connectivity index (χ0) is 13.7. The van der Waals surface area contributed by atoms with Gasteiger partial charge in [0.2, 0.25) is 0 Å². The van der Waals surface area contributed by atoms with E-state index in [0.717, 1.165) is 11.1 Å². The summed E-state index contributed by atoms with van der Waals surface area (Å²) in [4.78, 5) is 18.9. The van der Waals surface area contributed by atoms with E-state index in [-0.39, 0.29) is 6.42 Å². The van der Waals surface area contributed by atoms with Gasteiger partial charge in [-0.25, -0.2) is 9.97 Å². The SMILES string of the molecule is COc1cnc(-c2ccc(CCC(=O)O)cc2)nc1. The van der Waals surface area contributed by atoms with Gasteiger partial charge in [-0.2, -0.15) is 0 Å². The quantitative estimate of drug-likeness (QED) is 0.889. The average molecular weight is 258 g/mol. The van der Waals surface area contributed by atoms with Gasteiger partial charge in [0.05, 0.1) is 19.5 Å². The molecule has 0 unspecified atom stereocenters. The summed E-state index contributed by atoms with van der Waals surface area (Å²) in [7, 11) is 1.57. The minimum absolute atomic E-state index is 0.137. The summed E-state index contributed by atoms with van der Waals surface area (Å²) < 4.78 is 5.00. The van der Waals surface area contributed by atoms with Crippen LogP contribution in [-0.2, 0) is 11.2 Å². The fraction of sp³-hybridized carbons (Fsp3) is 0.214. The van der Waals surface area contributed by atoms with E-state index in [1.54, 1.807) is 19.5 Å². The van der Waals surface area contributed by atoms with E-state index in [0.29, 0.717) is 18.0 Å². The first-order valence-electron chi connectivity index (χ1n) is 5.86. The predicted octanol–water partition coefficient (Wildman–Crippen LogP) is 2.17. The van der Waals surface area contributed by atoms with E-state index >= 15 is 0 Å². The Balaban J connectivity index is 2.10. The van der Waals surface area contributed by atoms with E-state index in [9.17, 15) is 4.79 Å². The highest BCUT2D eigenvalue weighted by molar-refractivity contribution is 5.67. The van der Waals surface area contributed by atoms with E-state index in [4.69, 9.17) is 9.84 Å². The summed E-state index contributed by atoms with van der Waals surface area (Å²) in [6.07, 6.45) is 3.89. The van der Waals surface area contributed by atoms with Crippen molar-refractivity contribution in [2.24, 2.45) is 0 Å². The van der Waals surface area contributed by atoms with Crippen molar-refractivity contribution in [3.05, 3.63) is 42.2 Å². The first kappa shape index (κ1) is 13.0. The lowest BCUT2D eigenvalue weighted by molar-refractivity contribution is -0.136. The predicted molar refractivity (Wildman–Crippen MR) is 70.0 cm³/mol. The number of methoxy groups -OCH3 is 1. The first-order chi connectivity index (χ1) is 9.19. The van der Waals surface area contributed by atoms with Gasteiger partial charge in [0, 0.05) is 12.0 Å². The largest absolute Gasteiger partial charge is 0.494 e. The zero-order valence-corrected chi connectivity index (χ0v) is 10.5. The number of carboxylic acid groups (broad SMARTS) is 1. The Morgan fingerprint density at radius 3 is 2.37 bits per heavy atom. The van der Waals surface area contributed by atoms with Crippen molar-refractivity contribution < 1.29 is 14.6 Å². The molecule has 0 aliphatic rings. The van der Waals surface area contributed by atoms with Crippen LogP contribution in [0.3, 0.4) is 0 Å². The third-order valence-corrected chi connectivity index (χ3v) is 2.70. The van der Waals surface area contributed by atoms with Crippen molar-refractivity contribution >= 4 is 5.97 Å². The Labute approximate surface area is 110 Å². The van der Waals surface area contributed by atoms with E-state index < -0.39 is 5.97 Å². The number of benzene rings is 1. The molecule has 0 aliphatic carbocycles. The average Bonchev–Trinajstić information content (AvgIpc) is 2.46. The molecule has 0 radical (unpaired) electrons. The van der Waals surface area contributed by atoms with E-state index in [2.05, 4.69) is 9.97 Å². The summed E-state index contributed by atoms with van der Waals surface area (Å²) in [6, 6.07) is 7.57. The van der Waals surface area contributed by atoms with Crippen LogP contribution in [0.5, 0.6) is 5.75 Å². The Hall–Kier alpha value is -2.43. The third-order valence-electron chi connectivity index (χ3n) is 2.70. The molecule has 98 valence electrons. The van der Waals surface area contributed by atoms with Crippen LogP contribution in [0.4, 0.5) is 0 Å². The Bertz CT molecular complexity index is 550. The molecule has 2 aromatic rings. The smallest absolute Gasteiger partial charge is 0.303 e. The Morgan fingerprint density at radius 1 is 1.21 bits per heavy atom. The number of rotatable bonds is 5. The molecule has 0 saturated heterocycles. The second kappa shape index (κ2) is 5.95. The van der Waals surface area contributed by atoms with Gasteiger partial charge in [-0.15, -0.1) is 0 Å². The number of aryl methyl sites for hydroxylation is 1. The van der Waals surface area contributed by atoms with Gasteiger partial charge in [-0.1, -0.05) is 24.3 Å². The molecule has 0 bridgehead atoms. The lowest BCUT2D eigenvalue weighted by atomic mass is 10.1. The molecule has 0 fully saturated rings. The number of aliphatic carboxylic acids is 1. The van der Waals surface area contributed by atoms with Crippen LogP contribution in [0.2, 0.25) is 0 Å². The van der Waals surface area contributed by atoms with Crippen LogP contribution in [-0.4, -0.2) is 28.2 Å². The van der Waals surface area contributed by atoms with Crippen molar-refractivity contribution in [3.8, 4) is 17.1 Å². The number of carboxylic acids is 1. The molecular formula is C14H14N2O3. The van der Waals surface area contributed by atoms with Crippen LogP contribution in [0.15, 0.2) is 36.7 Å². The van der Waals surface area contributed by atoms with Gasteiger partial charge >= 0.3 is 5.97 Å². The van der Waals surface area contributed by atoms with Gasteiger partial charge in [-0.3, -0.25) is 4.79 Å². The first-order valence-corrected chi connectivity index (χ1v) is 5.86. The van der Waals surface area contributed by atoms with Crippen molar-refractivity contribution in [1.82, 2.24) is 9.97 Å². The number of hydrogen-bond acceptors (Lipinski definition) is 4. The number of ether oxygens (including phenoxy) is 1. The standard InChI is InChI=1S/C14H14N2O3/c1-19-12-8-15-14(16-9-12)11-5-2-10(3-6-11)4-7-13(17)18/h2-3,5-6,8-9H,4,7H2,1H3,(H,17,18). The van der Waals surface area contributed by atoms with Crippen LogP contribution in [0, 0.1) is 0 Å². The van der Waals surface area contributed by atoms with Crippen LogP contribution >= 0.6 is 0 Å². The summed E-state index contributed by atoms with van der Waals surface area (Å²) >= 11 is 0. The fourth-order valence-corrected chi connectivity index (χ4v) is 1.64. The second-order valence-electron chi connectivity index (χ2n) is 4.04. The van der Waals surface area contributed by atoms with Gasteiger partial charge in [0.1, 0.15) is 0 Å². The van der Waals surface area contributed by atoms with E-state index in [1.807, 2.05) is 24.3 Å². The molecule has 0 saturated carbocycles. The molecule has 0 atom stereocenters. The van der Waals surface area contributed by atoms with Gasteiger partial charge in [-0.05, 0) is 12.0 Å². The Kier molecular flexibility index (Phi) is 4.07. The molecule has 0 spiro atoms. The summed E-state index contributed by atoms with van der Waals surface area (Å²) in [6.45, 7) is 0. The molecule has 5 nitrogen and oxygen atoms in total. The highest BCUT2D eigenvalue weighted by Gasteiger charge is 2.03. The highest BCUT2D eigenvalue weighted by atomic mass is 16.5. The number of nitrogens with zero attached hydrogens (tertiary/aromatic N) is 2. The number of carbonyl (C=O) groups is 1. The highest BCUT2D eigenvalue weighted by Crippen LogP contribution is 2.17. The maximum atomic E-state index is 10.5. The molecule has 2 rings (SSSR count). The van der Waals surface area contributed by atoms with Crippen LogP contribution in [0.25, 0.3) is 11.4 Å². The van der Waals surface area contributed by atoms with Crippen molar-refractivity contribution in [2.45, 2.75) is 12.8 Å². The summed E-state index contributed by atoms with van der Waals surface area (Å²) in [5.41, 5.74) is 1.88. The molecule has 1 heterocycles. The van der Waals surface area contributed by atoms with Gasteiger partial charge < -0.3 is 9.84 Å². The minimum Gasteiger partial charge on any atom is -0.494 e. The molecule has 5 heteroatoms. The molecule has 0 amide bonds. The lowest BCUT2D eigenvalue weighted by Gasteiger charge is -2.03. The molecule has 1 N–H and O–H groups in total. The maximum absolute atomic E-state index is 10.5. The molecule has 1 aromatic carbocycles. The zero-order valence-electron chi connectivity index (χ0n) is 10.5. The molecule has 1 aromatic heterocycles.